The summed E-state index contributed by atoms with van der Waals surface area (Å²) in [7, 11) is 0. The molecule has 0 aliphatic carbocycles. The standard InChI is InChI=1S/C9H10ClNOS/c1-6-8(10)11-9(13-6)7-2-4-12-5-3-7/h2H,3-5H2,1H3. The maximum atomic E-state index is 5.89. The van der Waals surface area contributed by atoms with Crippen LogP contribution in [-0.4, -0.2) is 18.2 Å². The van der Waals surface area contributed by atoms with Crippen molar-refractivity contribution in [3.05, 3.63) is 21.1 Å². The molecule has 1 aliphatic heterocycles. The molecule has 2 heterocycles. The van der Waals surface area contributed by atoms with Gasteiger partial charge in [-0.05, 0) is 18.9 Å². The van der Waals surface area contributed by atoms with Crippen LogP contribution in [0.2, 0.25) is 5.15 Å². The van der Waals surface area contributed by atoms with Crippen LogP contribution in [0.1, 0.15) is 16.3 Å². The minimum Gasteiger partial charge on any atom is -0.377 e. The molecule has 1 aliphatic rings. The maximum Gasteiger partial charge on any atom is 0.143 e. The fourth-order valence-electron chi connectivity index (χ4n) is 1.24. The van der Waals surface area contributed by atoms with Crippen LogP contribution in [0.3, 0.4) is 0 Å². The fraction of sp³-hybridized carbons (Fsp3) is 0.444. The molecular weight excluding hydrogens is 206 g/mol. The van der Waals surface area contributed by atoms with E-state index in [1.54, 1.807) is 11.3 Å². The molecule has 1 aromatic heterocycles. The van der Waals surface area contributed by atoms with Crippen LogP contribution in [0, 0.1) is 6.92 Å². The van der Waals surface area contributed by atoms with Crippen molar-refractivity contribution in [3.8, 4) is 0 Å². The van der Waals surface area contributed by atoms with E-state index in [9.17, 15) is 0 Å². The van der Waals surface area contributed by atoms with Crippen molar-refractivity contribution in [2.45, 2.75) is 13.3 Å². The van der Waals surface area contributed by atoms with Gasteiger partial charge < -0.3 is 4.74 Å². The number of aryl methyl sites for hydroxylation is 1. The maximum absolute atomic E-state index is 5.89. The Morgan fingerprint density at radius 3 is 3.00 bits per heavy atom. The van der Waals surface area contributed by atoms with E-state index in [-0.39, 0.29) is 0 Å². The zero-order valence-electron chi connectivity index (χ0n) is 7.34. The summed E-state index contributed by atoms with van der Waals surface area (Å²) in [5, 5.41) is 1.68. The van der Waals surface area contributed by atoms with E-state index in [1.807, 2.05) is 6.92 Å². The van der Waals surface area contributed by atoms with Crippen LogP contribution < -0.4 is 0 Å². The van der Waals surface area contributed by atoms with Gasteiger partial charge in [-0.15, -0.1) is 11.3 Å². The Bertz CT molecular complexity index is 326. The largest absolute Gasteiger partial charge is 0.377 e. The first-order valence-electron chi connectivity index (χ1n) is 4.17. The third kappa shape index (κ3) is 1.93. The number of rotatable bonds is 1. The second-order valence-electron chi connectivity index (χ2n) is 2.92. The second kappa shape index (κ2) is 3.78. The monoisotopic (exact) mass is 215 g/mol. The minimum atomic E-state index is 0.632. The highest BCUT2D eigenvalue weighted by molar-refractivity contribution is 7.13. The molecule has 0 radical (unpaired) electrons. The van der Waals surface area contributed by atoms with Crippen LogP contribution in [0.15, 0.2) is 6.08 Å². The molecule has 4 heteroatoms. The molecule has 2 nitrogen and oxygen atoms in total. The van der Waals surface area contributed by atoms with Gasteiger partial charge in [0.2, 0.25) is 0 Å². The van der Waals surface area contributed by atoms with E-state index in [4.69, 9.17) is 16.3 Å². The summed E-state index contributed by atoms with van der Waals surface area (Å²) in [6, 6.07) is 0. The van der Waals surface area contributed by atoms with Gasteiger partial charge in [0.25, 0.3) is 0 Å². The van der Waals surface area contributed by atoms with Gasteiger partial charge in [-0.1, -0.05) is 17.7 Å². The molecule has 0 saturated heterocycles. The molecule has 0 aromatic carbocycles. The molecule has 0 fully saturated rings. The summed E-state index contributed by atoms with van der Waals surface area (Å²) in [4.78, 5) is 5.38. The van der Waals surface area contributed by atoms with Crippen molar-refractivity contribution in [3.63, 3.8) is 0 Å². The summed E-state index contributed by atoms with van der Waals surface area (Å²) in [6.07, 6.45) is 3.03. The van der Waals surface area contributed by atoms with Gasteiger partial charge in [-0.3, -0.25) is 0 Å². The molecule has 0 atom stereocenters. The summed E-state index contributed by atoms with van der Waals surface area (Å²) >= 11 is 7.54. The highest BCUT2D eigenvalue weighted by Gasteiger charge is 2.11. The smallest absolute Gasteiger partial charge is 0.143 e. The van der Waals surface area contributed by atoms with Crippen molar-refractivity contribution >= 4 is 28.5 Å². The zero-order valence-corrected chi connectivity index (χ0v) is 8.91. The van der Waals surface area contributed by atoms with E-state index < -0.39 is 0 Å². The number of hydrogen-bond acceptors (Lipinski definition) is 3. The first-order valence-corrected chi connectivity index (χ1v) is 5.37. The SMILES string of the molecule is Cc1sc(C2=CCOCC2)nc1Cl. The molecule has 13 heavy (non-hydrogen) atoms. The molecule has 0 unspecified atom stereocenters. The van der Waals surface area contributed by atoms with E-state index in [0.29, 0.717) is 11.8 Å². The van der Waals surface area contributed by atoms with Crippen molar-refractivity contribution in [1.29, 1.82) is 0 Å². The molecular formula is C9H10ClNOS. The average molecular weight is 216 g/mol. The van der Waals surface area contributed by atoms with Crippen molar-refractivity contribution < 1.29 is 4.74 Å². The fourth-order valence-corrected chi connectivity index (χ4v) is 2.36. The van der Waals surface area contributed by atoms with Gasteiger partial charge in [-0.2, -0.15) is 0 Å². The molecule has 1 aromatic rings. The Morgan fingerprint density at radius 2 is 2.46 bits per heavy atom. The van der Waals surface area contributed by atoms with Crippen molar-refractivity contribution in [2.75, 3.05) is 13.2 Å². The number of ether oxygens (including phenoxy) is 1. The van der Waals surface area contributed by atoms with Gasteiger partial charge >= 0.3 is 0 Å². The predicted molar refractivity (Wildman–Crippen MR) is 55.3 cm³/mol. The molecule has 0 bridgehead atoms. The Balaban J connectivity index is 2.29. The molecule has 0 spiro atoms. The lowest BCUT2D eigenvalue weighted by atomic mass is 10.2. The molecule has 2 rings (SSSR count). The first-order chi connectivity index (χ1) is 6.27. The molecule has 0 N–H and O–H groups in total. The molecule has 0 amide bonds. The van der Waals surface area contributed by atoms with E-state index in [0.717, 1.165) is 22.9 Å². The Labute approximate surface area is 86.2 Å². The number of hydrogen-bond donors (Lipinski definition) is 0. The predicted octanol–water partition coefficient (Wildman–Crippen LogP) is 2.91. The Kier molecular flexibility index (Phi) is 2.67. The van der Waals surface area contributed by atoms with Crippen LogP contribution in [0.5, 0.6) is 0 Å². The lowest BCUT2D eigenvalue weighted by molar-refractivity contribution is 0.161. The Morgan fingerprint density at radius 1 is 1.62 bits per heavy atom. The second-order valence-corrected chi connectivity index (χ2v) is 4.48. The quantitative estimate of drug-likeness (QED) is 0.719. The lowest BCUT2D eigenvalue weighted by Crippen LogP contribution is -2.03. The topological polar surface area (TPSA) is 22.1 Å². The van der Waals surface area contributed by atoms with Crippen LogP contribution in [0.4, 0.5) is 0 Å². The average Bonchev–Trinajstić information content (AvgIpc) is 2.49. The molecule has 70 valence electrons. The van der Waals surface area contributed by atoms with E-state index in [2.05, 4.69) is 11.1 Å². The van der Waals surface area contributed by atoms with Crippen molar-refractivity contribution in [2.24, 2.45) is 0 Å². The number of halogens is 1. The number of aromatic nitrogens is 1. The highest BCUT2D eigenvalue weighted by atomic mass is 35.5. The van der Waals surface area contributed by atoms with Crippen LogP contribution >= 0.6 is 22.9 Å². The number of nitrogens with zero attached hydrogens (tertiary/aromatic N) is 1. The zero-order chi connectivity index (χ0) is 9.26. The highest BCUT2D eigenvalue weighted by Crippen LogP contribution is 2.29. The van der Waals surface area contributed by atoms with Crippen LogP contribution in [0.25, 0.3) is 5.57 Å². The van der Waals surface area contributed by atoms with Gasteiger partial charge in [0.05, 0.1) is 13.2 Å². The van der Waals surface area contributed by atoms with Gasteiger partial charge in [0, 0.05) is 4.88 Å². The van der Waals surface area contributed by atoms with Gasteiger partial charge in [0.15, 0.2) is 0 Å². The van der Waals surface area contributed by atoms with Gasteiger partial charge in [0.1, 0.15) is 10.2 Å². The third-order valence-electron chi connectivity index (χ3n) is 1.98. The lowest BCUT2D eigenvalue weighted by Gasteiger charge is -2.10. The normalized spacial score (nSPS) is 17.2. The van der Waals surface area contributed by atoms with Crippen LogP contribution in [-0.2, 0) is 4.74 Å². The summed E-state index contributed by atoms with van der Waals surface area (Å²) in [6.45, 7) is 3.48. The third-order valence-corrected chi connectivity index (χ3v) is 3.50. The van der Waals surface area contributed by atoms with Crippen molar-refractivity contribution in [1.82, 2.24) is 4.98 Å². The summed E-state index contributed by atoms with van der Waals surface area (Å²) < 4.78 is 5.23. The summed E-state index contributed by atoms with van der Waals surface area (Å²) in [5.74, 6) is 0. The number of thiazole rings is 1. The van der Waals surface area contributed by atoms with E-state index >= 15 is 0 Å². The Hall–Kier alpha value is -0.380. The van der Waals surface area contributed by atoms with E-state index in [1.165, 1.54) is 5.57 Å². The minimum absolute atomic E-state index is 0.632. The van der Waals surface area contributed by atoms with Gasteiger partial charge in [-0.25, -0.2) is 4.98 Å². The first kappa shape index (κ1) is 9.19. The molecule has 0 saturated carbocycles. The summed E-state index contributed by atoms with van der Waals surface area (Å²) in [5.41, 5.74) is 1.27.